The minimum absolute atomic E-state index is 0.0513. The van der Waals surface area contributed by atoms with Crippen LogP contribution in [0.4, 0.5) is 5.69 Å². The third-order valence-electron chi connectivity index (χ3n) is 2.23. The van der Waals surface area contributed by atoms with Gasteiger partial charge in [0.2, 0.25) is 0 Å². The van der Waals surface area contributed by atoms with Crippen LogP contribution in [0.15, 0.2) is 23.1 Å². The largest absolute Gasteiger partial charge is 0.398 e. The summed E-state index contributed by atoms with van der Waals surface area (Å²) in [5.41, 5.74) is 5.70. The molecular formula is C10H12N2O4S2. The van der Waals surface area contributed by atoms with Crippen molar-refractivity contribution >= 4 is 25.4 Å². The summed E-state index contributed by atoms with van der Waals surface area (Å²) in [6.45, 7) is 0. The molecule has 0 amide bonds. The summed E-state index contributed by atoms with van der Waals surface area (Å²) in [6.07, 6.45) is 0.964. The molecule has 1 rings (SSSR count). The maximum Gasteiger partial charge on any atom is 0.179 e. The van der Waals surface area contributed by atoms with Gasteiger partial charge in [0.05, 0.1) is 22.0 Å². The molecule has 0 radical (unpaired) electrons. The molecule has 2 N–H and O–H groups in total. The summed E-state index contributed by atoms with van der Waals surface area (Å²) in [7, 11) is -7.09. The van der Waals surface area contributed by atoms with Gasteiger partial charge >= 0.3 is 0 Å². The van der Waals surface area contributed by atoms with Crippen molar-refractivity contribution in [2.24, 2.45) is 0 Å². The van der Waals surface area contributed by atoms with Crippen LogP contribution in [0.5, 0.6) is 0 Å². The quantitative estimate of drug-likeness (QED) is 0.776. The molecular weight excluding hydrogens is 276 g/mol. The van der Waals surface area contributed by atoms with Gasteiger partial charge in [0.15, 0.2) is 9.84 Å². The normalized spacial score (nSPS) is 12.0. The average molecular weight is 288 g/mol. The van der Waals surface area contributed by atoms with E-state index in [4.69, 9.17) is 11.0 Å². The van der Waals surface area contributed by atoms with E-state index in [1.54, 1.807) is 6.07 Å². The second kappa shape index (κ2) is 4.96. The van der Waals surface area contributed by atoms with Gasteiger partial charge in [0, 0.05) is 11.9 Å². The van der Waals surface area contributed by atoms with E-state index in [1.807, 2.05) is 0 Å². The van der Waals surface area contributed by atoms with Crippen LogP contribution in [-0.2, 0) is 19.7 Å². The van der Waals surface area contributed by atoms with Gasteiger partial charge in [-0.2, -0.15) is 5.26 Å². The predicted molar refractivity (Wildman–Crippen MR) is 67.3 cm³/mol. The first-order valence-electron chi connectivity index (χ1n) is 4.86. The molecule has 0 aliphatic carbocycles. The third-order valence-corrected chi connectivity index (χ3v) is 5.15. The van der Waals surface area contributed by atoms with Gasteiger partial charge in [-0.1, -0.05) is 0 Å². The molecule has 0 saturated carbocycles. The Kier molecular flexibility index (Phi) is 3.98. The first-order valence-corrected chi connectivity index (χ1v) is 8.57. The second-order valence-corrected chi connectivity index (χ2v) is 8.18. The summed E-state index contributed by atoms with van der Waals surface area (Å²) in [4.78, 5) is -0.100. The Bertz CT molecular complexity index is 700. The zero-order valence-corrected chi connectivity index (χ0v) is 11.3. The third kappa shape index (κ3) is 3.72. The topological polar surface area (TPSA) is 118 Å². The fourth-order valence-corrected chi connectivity index (χ4v) is 4.10. The number of nitrogens with zero attached hydrogens (tertiary/aromatic N) is 1. The summed E-state index contributed by atoms with van der Waals surface area (Å²) in [5.74, 6) is -0.970. The second-order valence-electron chi connectivity index (χ2n) is 3.81. The SMILES string of the molecule is CS(=O)(=O)CCS(=O)(=O)c1ccc(N)c(C#N)c1. The van der Waals surface area contributed by atoms with Crippen LogP contribution < -0.4 is 5.73 Å². The van der Waals surface area contributed by atoms with E-state index in [1.165, 1.54) is 12.1 Å². The van der Waals surface area contributed by atoms with Gasteiger partial charge in [0.25, 0.3) is 0 Å². The number of hydrogen-bond donors (Lipinski definition) is 1. The van der Waals surface area contributed by atoms with Crippen molar-refractivity contribution in [3.05, 3.63) is 23.8 Å². The lowest BCUT2D eigenvalue weighted by Gasteiger charge is -2.05. The van der Waals surface area contributed by atoms with Crippen LogP contribution in [0.1, 0.15) is 5.56 Å². The summed E-state index contributed by atoms with van der Waals surface area (Å²) in [5, 5.41) is 8.75. The number of nitrogen functional groups attached to an aromatic ring is 1. The van der Waals surface area contributed by atoms with E-state index in [9.17, 15) is 16.8 Å². The Hall–Kier alpha value is -1.59. The molecule has 1 aromatic carbocycles. The van der Waals surface area contributed by atoms with Crippen LogP contribution in [0.2, 0.25) is 0 Å². The minimum atomic E-state index is -3.73. The zero-order valence-electron chi connectivity index (χ0n) is 9.62. The molecule has 0 bridgehead atoms. The Morgan fingerprint density at radius 3 is 2.33 bits per heavy atom. The van der Waals surface area contributed by atoms with Gasteiger partial charge in [0.1, 0.15) is 15.9 Å². The van der Waals surface area contributed by atoms with Crippen molar-refractivity contribution in [2.45, 2.75) is 4.90 Å². The number of nitrogens with two attached hydrogens (primary N) is 1. The van der Waals surface area contributed by atoms with E-state index in [0.717, 1.165) is 12.3 Å². The highest BCUT2D eigenvalue weighted by atomic mass is 32.2. The number of sulfone groups is 2. The fraction of sp³-hybridized carbons (Fsp3) is 0.300. The van der Waals surface area contributed by atoms with Gasteiger partial charge in [-0.15, -0.1) is 0 Å². The molecule has 0 aliphatic rings. The molecule has 0 aliphatic heterocycles. The van der Waals surface area contributed by atoms with Crippen molar-refractivity contribution in [1.82, 2.24) is 0 Å². The molecule has 6 nitrogen and oxygen atoms in total. The van der Waals surface area contributed by atoms with Gasteiger partial charge in [-0.05, 0) is 18.2 Å². The predicted octanol–water partition coefficient (Wildman–Crippen LogP) is -0.0412. The highest BCUT2D eigenvalue weighted by molar-refractivity contribution is 7.94. The van der Waals surface area contributed by atoms with Gasteiger partial charge in [-0.3, -0.25) is 0 Å². The Labute approximate surface area is 106 Å². The molecule has 0 unspecified atom stereocenters. The van der Waals surface area contributed by atoms with Crippen LogP contribution in [0.3, 0.4) is 0 Å². The molecule has 0 heterocycles. The maximum atomic E-state index is 11.8. The first-order chi connectivity index (χ1) is 8.15. The fourth-order valence-electron chi connectivity index (χ4n) is 1.20. The highest BCUT2D eigenvalue weighted by Crippen LogP contribution is 2.18. The number of benzene rings is 1. The van der Waals surface area contributed by atoms with Crippen molar-refractivity contribution < 1.29 is 16.8 Å². The van der Waals surface area contributed by atoms with Crippen molar-refractivity contribution in [3.63, 3.8) is 0 Å². The molecule has 0 aromatic heterocycles. The molecule has 0 atom stereocenters. The maximum absolute atomic E-state index is 11.8. The summed E-state index contributed by atoms with van der Waals surface area (Å²) in [6, 6.07) is 5.49. The summed E-state index contributed by atoms with van der Waals surface area (Å²) >= 11 is 0. The lowest BCUT2D eigenvalue weighted by molar-refractivity contribution is 0.590. The van der Waals surface area contributed by atoms with E-state index < -0.39 is 31.2 Å². The Morgan fingerprint density at radius 2 is 1.83 bits per heavy atom. The first kappa shape index (κ1) is 14.5. The number of rotatable bonds is 4. The number of hydrogen-bond acceptors (Lipinski definition) is 6. The van der Waals surface area contributed by atoms with E-state index >= 15 is 0 Å². The smallest absolute Gasteiger partial charge is 0.179 e. The molecule has 1 aromatic rings. The molecule has 18 heavy (non-hydrogen) atoms. The minimum Gasteiger partial charge on any atom is -0.398 e. The van der Waals surface area contributed by atoms with E-state index in [2.05, 4.69) is 0 Å². The summed E-state index contributed by atoms with van der Waals surface area (Å²) < 4.78 is 45.6. The van der Waals surface area contributed by atoms with Gasteiger partial charge in [-0.25, -0.2) is 16.8 Å². The Morgan fingerprint density at radius 1 is 1.22 bits per heavy atom. The Balaban J connectivity index is 3.11. The van der Waals surface area contributed by atoms with Crippen molar-refractivity contribution in [1.29, 1.82) is 5.26 Å². The number of nitriles is 1. The molecule has 0 fully saturated rings. The lowest BCUT2D eigenvalue weighted by atomic mass is 10.2. The van der Waals surface area contributed by atoms with E-state index in [0.29, 0.717) is 0 Å². The van der Waals surface area contributed by atoms with Crippen LogP contribution >= 0.6 is 0 Å². The number of anilines is 1. The monoisotopic (exact) mass is 288 g/mol. The van der Waals surface area contributed by atoms with Crippen LogP contribution in [0.25, 0.3) is 0 Å². The zero-order chi connectivity index (χ0) is 14.0. The van der Waals surface area contributed by atoms with Crippen LogP contribution in [0, 0.1) is 11.3 Å². The molecule has 0 spiro atoms. The van der Waals surface area contributed by atoms with Gasteiger partial charge < -0.3 is 5.73 Å². The van der Waals surface area contributed by atoms with Crippen molar-refractivity contribution in [3.8, 4) is 6.07 Å². The lowest BCUT2D eigenvalue weighted by Crippen LogP contribution is -2.16. The highest BCUT2D eigenvalue weighted by Gasteiger charge is 2.18. The standard InChI is InChI=1S/C10H12N2O4S2/c1-17(13,14)4-5-18(15,16)9-2-3-10(12)8(6-9)7-11/h2-3,6H,4-5,12H2,1H3. The van der Waals surface area contributed by atoms with Crippen molar-refractivity contribution in [2.75, 3.05) is 23.5 Å². The van der Waals surface area contributed by atoms with Crippen LogP contribution in [-0.4, -0.2) is 34.6 Å². The molecule has 8 heteroatoms. The molecule has 98 valence electrons. The average Bonchev–Trinajstić information content (AvgIpc) is 2.26. The van der Waals surface area contributed by atoms with E-state index in [-0.39, 0.29) is 16.1 Å². The molecule has 0 saturated heterocycles.